The fourth-order valence-electron chi connectivity index (χ4n) is 4.28. The molecule has 2 fully saturated rings. The molecule has 2 saturated heterocycles. The third-order valence-corrected chi connectivity index (χ3v) is 5.98. The summed E-state index contributed by atoms with van der Waals surface area (Å²) in [4.78, 5) is 24.6. The summed E-state index contributed by atoms with van der Waals surface area (Å²) in [7, 11) is 0. The van der Waals surface area contributed by atoms with E-state index in [2.05, 4.69) is 20.9 Å². The van der Waals surface area contributed by atoms with Gasteiger partial charge in [0.15, 0.2) is 0 Å². The van der Waals surface area contributed by atoms with Crippen LogP contribution in [-0.4, -0.2) is 52.6 Å². The molecular weight excluding hydrogens is 423 g/mol. The van der Waals surface area contributed by atoms with Gasteiger partial charge in [-0.1, -0.05) is 6.07 Å². The summed E-state index contributed by atoms with van der Waals surface area (Å²) in [5.74, 6) is 0.657. The average molecular weight is 445 g/mol. The van der Waals surface area contributed by atoms with E-state index in [-0.39, 0.29) is 24.6 Å². The van der Waals surface area contributed by atoms with Crippen molar-refractivity contribution in [2.24, 2.45) is 0 Å². The number of ether oxygens (including phenoxy) is 1. The first kappa shape index (κ1) is 22.0. The summed E-state index contributed by atoms with van der Waals surface area (Å²) in [5.41, 5.74) is 0.0154. The van der Waals surface area contributed by atoms with Crippen molar-refractivity contribution in [2.75, 3.05) is 24.6 Å². The number of alkyl halides is 3. The number of halogens is 3. The van der Waals surface area contributed by atoms with Gasteiger partial charge in [0.1, 0.15) is 24.2 Å². The number of anilines is 1. The van der Waals surface area contributed by atoms with Crippen molar-refractivity contribution in [1.82, 2.24) is 14.9 Å². The molecule has 0 N–H and O–H groups in total. The minimum absolute atomic E-state index is 0.148. The molecule has 168 valence electrons. The van der Waals surface area contributed by atoms with Crippen molar-refractivity contribution in [3.05, 3.63) is 53.5 Å². The van der Waals surface area contributed by atoms with Crippen LogP contribution in [-0.2, 0) is 15.7 Å². The van der Waals surface area contributed by atoms with E-state index < -0.39 is 18.0 Å². The SMILES string of the molecule is CC(OCC(=O)N1CC2CCC(C1)N2c1ccc(C#N)cn1)c1ccc(C(F)(F)F)nc1. The van der Waals surface area contributed by atoms with Gasteiger partial charge in [0, 0.05) is 37.6 Å². The number of carbonyl (C=O) groups excluding carboxylic acids is 1. The first-order chi connectivity index (χ1) is 15.3. The maximum absolute atomic E-state index is 12.7. The summed E-state index contributed by atoms with van der Waals surface area (Å²) < 4.78 is 43.6. The van der Waals surface area contributed by atoms with Gasteiger partial charge in [-0.25, -0.2) is 4.98 Å². The topological polar surface area (TPSA) is 82.4 Å². The van der Waals surface area contributed by atoms with Crippen LogP contribution >= 0.6 is 0 Å². The van der Waals surface area contributed by atoms with Crippen LogP contribution < -0.4 is 4.90 Å². The number of pyridine rings is 2. The number of nitrogens with zero attached hydrogens (tertiary/aromatic N) is 5. The maximum atomic E-state index is 12.7. The standard InChI is InChI=1S/C22H22F3N5O2/c1-14(16-3-6-19(27-10-16)22(23,24)25)32-13-21(31)29-11-17-4-5-18(12-29)30(17)20-7-2-15(8-26)9-28-20/h2-3,6-7,9-10,14,17-18H,4-5,11-13H2,1H3. The van der Waals surface area contributed by atoms with Crippen LogP contribution in [0.5, 0.6) is 0 Å². The molecule has 4 heterocycles. The lowest BCUT2D eigenvalue weighted by molar-refractivity contribution is -0.141. The summed E-state index contributed by atoms with van der Waals surface area (Å²) in [6.07, 6.45) is -0.475. The van der Waals surface area contributed by atoms with Gasteiger partial charge >= 0.3 is 6.18 Å². The van der Waals surface area contributed by atoms with Crippen molar-refractivity contribution in [1.29, 1.82) is 5.26 Å². The van der Waals surface area contributed by atoms with E-state index in [1.54, 1.807) is 24.1 Å². The second kappa shape index (κ2) is 8.74. The largest absolute Gasteiger partial charge is 0.433 e. The van der Waals surface area contributed by atoms with E-state index in [4.69, 9.17) is 10.00 Å². The molecule has 0 aliphatic carbocycles. The molecule has 2 aliphatic rings. The number of likely N-dealkylation sites (tertiary alicyclic amines) is 1. The quantitative estimate of drug-likeness (QED) is 0.702. The average Bonchev–Trinajstić information content (AvgIpc) is 3.05. The molecule has 4 rings (SSSR count). The van der Waals surface area contributed by atoms with Crippen LogP contribution in [0.2, 0.25) is 0 Å². The lowest BCUT2D eigenvalue weighted by Crippen LogP contribution is -2.56. The van der Waals surface area contributed by atoms with Crippen LogP contribution in [0.15, 0.2) is 36.7 Å². The zero-order valence-electron chi connectivity index (χ0n) is 17.4. The molecule has 0 radical (unpaired) electrons. The zero-order chi connectivity index (χ0) is 22.9. The number of piperazine rings is 1. The van der Waals surface area contributed by atoms with Crippen molar-refractivity contribution in [3.8, 4) is 6.07 Å². The number of rotatable bonds is 5. The number of nitriles is 1. The second-order valence-corrected chi connectivity index (χ2v) is 8.04. The molecule has 1 amide bonds. The van der Waals surface area contributed by atoms with Gasteiger partial charge in [0.25, 0.3) is 0 Å². The number of amides is 1. The predicted octanol–water partition coefficient (Wildman–Crippen LogP) is 3.32. The van der Waals surface area contributed by atoms with Crippen LogP contribution in [0, 0.1) is 11.3 Å². The Labute approximate surface area is 183 Å². The Hall–Kier alpha value is -3.19. The fourth-order valence-corrected chi connectivity index (χ4v) is 4.28. The summed E-state index contributed by atoms with van der Waals surface area (Å²) in [6, 6.07) is 8.16. The molecular formula is C22H22F3N5O2. The first-order valence-electron chi connectivity index (χ1n) is 10.3. The summed E-state index contributed by atoms with van der Waals surface area (Å²) in [5, 5.41) is 8.95. The molecule has 2 aliphatic heterocycles. The third-order valence-electron chi connectivity index (χ3n) is 5.98. The van der Waals surface area contributed by atoms with E-state index >= 15 is 0 Å². The van der Waals surface area contributed by atoms with E-state index in [9.17, 15) is 18.0 Å². The third kappa shape index (κ3) is 4.53. The van der Waals surface area contributed by atoms with Crippen molar-refractivity contribution < 1.29 is 22.7 Å². The molecule has 3 atom stereocenters. The van der Waals surface area contributed by atoms with Gasteiger partial charge in [-0.15, -0.1) is 0 Å². The molecule has 7 nitrogen and oxygen atoms in total. The van der Waals surface area contributed by atoms with E-state index in [1.807, 2.05) is 6.07 Å². The van der Waals surface area contributed by atoms with E-state index in [0.29, 0.717) is 24.2 Å². The van der Waals surface area contributed by atoms with Crippen molar-refractivity contribution in [2.45, 2.75) is 44.1 Å². The number of aromatic nitrogens is 2. The monoisotopic (exact) mass is 445 g/mol. The number of fused-ring (bicyclic) bond motifs is 2. The van der Waals surface area contributed by atoms with Gasteiger partial charge in [0.2, 0.25) is 5.91 Å². The molecule has 2 bridgehead atoms. The minimum atomic E-state index is -4.49. The highest BCUT2D eigenvalue weighted by molar-refractivity contribution is 5.78. The Morgan fingerprint density at radius 1 is 1.19 bits per heavy atom. The molecule has 0 saturated carbocycles. The summed E-state index contributed by atoms with van der Waals surface area (Å²) >= 11 is 0. The Morgan fingerprint density at radius 3 is 2.44 bits per heavy atom. The molecule has 0 spiro atoms. The van der Waals surface area contributed by atoms with E-state index in [0.717, 1.165) is 30.9 Å². The zero-order valence-corrected chi connectivity index (χ0v) is 17.4. The number of carbonyl (C=O) groups is 1. The molecule has 32 heavy (non-hydrogen) atoms. The second-order valence-electron chi connectivity index (χ2n) is 8.04. The Bertz CT molecular complexity index is 990. The number of hydrogen-bond donors (Lipinski definition) is 0. The van der Waals surface area contributed by atoms with Gasteiger partial charge < -0.3 is 14.5 Å². The molecule has 0 aromatic carbocycles. The maximum Gasteiger partial charge on any atom is 0.433 e. The number of hydrogen-bond acceptors (Lipinski definition) is 6. The van der Waals surface area contributed by atoms with Gasteiger partial charge in [0.05, 0.1) is 11.7 Å². The van der Waals surface area contributed by atoms with Gasteiger partial charge in [-0.3, -0.25) is 9.78 Å². The predicted molar refractivity (Wildman–Crippen MR) is 108 cm³/mol. The minimum Gasteiger partial charge on any atom is -0.364 e. The van der Waals surface area contributed by atoms with Crippen LogP contribution in [0.25, 0.3) is 0 Å². The van der Waals surface area contributed by atoms with Crippen LogP contribution in [0.3, 0.4) is 0 Å². The first-order valence-corrected chi connectivity index (χ1v) is 10.3. The highest BCUT2D eigenvalue weighted by atomic mass is 19.4. The van der Waals surface area contributed by atoms with Gasteiger partial charge in [-0.05, 0) is 43.5 Å². The Balaban J connectivity index is 1.33. The Morgan fingerprint density at radius 2 is 1.91 bits per heavy atom. The van der Waals surface area contributed by atoms with Crippen molar-refractivity contribution in [3.63, 3.8) is 0 Å². The molecule has 2 aromatic heterocycles. The smallest absolute Gasteiger partial charge is 0.364 e. The highest BCUT2D eigenvalue weighted by Gasteiger charge is 2.42. The summed E-state index contributed by atoms with van der Waals surface area (Å²) in [6.45, 7) is 2.62. The van der Waals surface area contributed by atoms with Crippen LogP contribution in [0.1, 0.15) is 42.7 Å². The molecule has 10 heteroatoms. The van der Waals surface area contributed by atoms with E-state index in [1.165, 1.54) is 6.07 Å². The highest BCUT2D eigenvalue weighted by Crippen LogP contribution is 2.34. The lowest BCUT2D eigenvalue weighted by Gasteiger charge is -2.41. The lowest BCUT2D eigenvalue weighted by atomic mass is 10.1. The fraction of sp³-hybridized carbons (Fsp3) is 0.455. The molecule has 2 aromatic rings. The van der Waals surface area contributed by atoms with Crippen LogP contribution in [0.4, 0.5) is 19.0 Å². The van der Waals surface area contributed by atoms with Gasteiger partial charge in [-0.2, -0.15) is 18.4 Å². The normalized spacial score (nSPS) is 21.3. The molecule has 3 unspecified atom stereocenters. The Kier molecular flexibility index (Phi) is 6.02. The van der Waals surface area contributed by atoms with Crippen molar-refractivity contribution >= 4 is 11.7 Å².